The van der Waals surface area contributed by atoms with Crippen LogP contribution in [0.2, 0.25) is 0 Å². The standard InChI is InChI=1S/C7H12O3/c8-4-3-7-6(9)2-1-5-10-7/h4,6-7,9H,1-3,5H2/t6-,7-/m0/s1. The van der Waals surface area contributed by atoms with Crippen molar-refractivity contribution in [2.45, 2.75) is 31.5 Å². The summed E-state index contributed by atoms with van der Waals surface area (Å²) in [5.74, 6) is 0. The number of hydrogen-bond acceptors (Lipinski definition) is 3. The maximum atomic E-state index is 10.0. The maximum Gasteiger partial charge on any atom is 0.122 e. The average Bonchev–Trinajstić information content (AvgIpc) is 1.94. The van der Waals surface area contributed by atoms with E-state index in [9.17, 15) is 9.90 Å². The van der Waals surface area contributed by atoms with Crippen molar-refractivity contribution in [3.63, 3.8) is 0 Å². The highest BCUT2D eigenvalue weighted by Crippen LogP contribution is 2.15. The molecule has 1 rings (SSSR count). The maximum absolute atomic E-state index is 10.0. The van der Waals surface area contributed by atoms with Crippen molar-refractivity contribution in [3.8, 4) is 0 Å². The van der Waals surface area contributed by atoms with Gasteiger partial charge in [0.05, 0.1) is 12.2 Å². The van der Waals surface area contributed by atoms with Crippen LogP contribution in [0.25, 0.3) is 0 Å². The molecule has 0 aromatic rings. The van der Waals surface area contributed by atoms with E-state index in [1.165, 1.54) is 0 Å². The van der Waals surface area contributed by atoms with Crippen molar-refractivity contribution in [2.24, 2.45) is 0 Å². The van der Waals surface area contributed by atoms with Crippen molar-refractivity contribution in [2.75, 3.05) is 6.61 Å². The van der Waals surface area contributed by atoms with E-state index in [1.807, 2.05) is 0 Å². The lowest BCUT2D eigenvalue weighted by atomic mass is 10.0. The van der Waals surface area contributed by atoms with E-state index < -0.39 is 6.10 Å². The Balaban J connectivity index is 2.32. The first-order chi connectivity index (χ1) is 4.84. The molecule has 0 saturated carbocycles. The van der Waals surface area contributed by atoms with Gasteiger partial charge in [-0.3, -0.25) is 0 Å². The van der Waals surface area contributed by atoms with Gasteiger partial charge in [-0.2, -0.15) is 0 Å². The van der Waals surface area contributed by atoms with Crippen molar-refractivity contribution in [3.05, 3.63) is 0 Å². The zero-order valence-electron chi connectivity index (χ0n) is 5.82. The van der Waals surface area contributed by atoms with Gasteiger partial charge in [0.15, 0.2) is 0 Å². The Bertz CT molecular complexity index is 113. The summed E-state index contributed by atoms with van der Waals surface area (Å²) in [7, 11) is 0. The van der Waals surface area contributed by atoms with Gasteiger partial charge in [-0.25, -0.2) is 0 Å². The molecule has 3 nitrogen and oxygen atoms in total. The van der Waals surface area contributed by atoms with Gasteiger partial charge in [0, 0.05) is 13.0 Å². The normalized spacial score (nSPS) is 33.7. The van der Waals surface area contributed by atoms with Crippen LogP contribution in [0.3, 0.4) is 0 Å². The molecular formula is C7H12O3. The first-order valence-corrected chi connectivity index (χ1v) is 3.58. The molecule has 58 valence electrons. The molecule has 0 radical (unpaired) electrons. The Morgan fingerprint density at radius 3 is 3.10 bits per heavy atom. The number of hydrogen-bond donors (Lipinski definition) is 1. The van der Waals surface area contributed by atoms with Crippen molar-refractivity contribution in [1.82, 2.24) is 0 Å². The van der Waals surface area contributed by atoms with E-state index in [0.29, 0.717) is 13.0 Å². The highest BCUT2D eigenvalue weighted by molar-refractivity contribution is 5.50. The number of ether oxygens (including phenoxy) is 1. The van der Waals surface area contributed by atoms with Crippen LogP contribution in [0.5, 0.6) is 0 Å². The molecule has 0 aromatic carbocycles. The van der Waals surface area contributed by atoms with Crippen molar-refractivity contribution in [1.29, 1.82) is 0 Å². The Kier molecular flexibility index (Phi) is 2.83. The second kappa shape index (κ2) is 3.68. The van der Waals surface area contributed by atoms with Crippen LogP contribution >= 0.6 is 0 Å². The zero-order valence-corrected chi connectivity index (χ0v) is 5.82. The van der Waals surface area contributed by atoms with Crippen molar-refractivity contribution < 1.29 is 14.6 Å². The smallest absolute Gasteiger partial charge is 0.122 e. The van der Waals surface area contributed by atoms with Crippen LogP contribution in [0.15, 0.2) is 0 Å². The van der Waals surface area contributed by atoms with Gasteiger partial charge in [-0.1, -0.05) is 0 Å². The predicted octanol–water partition coefficient (Wildman–Crippen LogP) is 0.115. The highest BCUT2D eigenvalue weighted by Gasteiger charge is 2.22. The van der Waals surface area contributed by atoms with E-state index in [4.69, 9.17) is 4.74 Å². The zero-order chi connectivity index (χ0) is 7.40. The van der Waals surface area contributed by atoms with Crippen molar-refractivity contribution >= 4 is 6.29 Å². The molecule has 1 heterocycles. The molecule has 0 aromatic heterocycles. The van der Waals surface area contributed by atoms with Gasteiger partial charge < -0.3 is 14.6 Å². The summed E-state index contributed by atoms with van der Waals surface area (Å²) < 4.78 is 5.15. The Morgan fingerprint density at radius 2 is 2.50 bits per heavy atom. The lowest BCUT2D eigenvalue weighted by molar-refractivity contribution is -0.117. The first kappa shape index (κ1) is 7.69. The molecule has 0 unspecified atom stereocenters. The number of aliphatic hydroxyl groups excluding tert-OH is 1. The fourth-order valence-corrected chi connectivity index (χ4v) is 1.14. The van der Waals surface area contributed by atoms with Gasteiger partial charge in [0.1, 0.15) is 6.29 Å². The Hall–Kier alpha value is -0.410. The van der Waals surface area contributed by atoms with E-state index in [0.717, 1.165) is 19.1 Å². The Morgan fingerprint density at radius 1 is 1.70 bits per heavy atom. The van der Waals surface area contributed by atoms with Gasteiger partial charge in [-0.05, 0) is 12.8 Å². The molecule has 3 heteroatoms. The van der Waals surface area contributed by atoms with Gasteiger partial charge in [0.2, 0.25) is 0 Å². The molecule has 1 saturated heterocycles. The van der Waals surface area contributed by atoms with Gasteiger partial charge >= 0.3 is 0 Å². The number of rotatable bonds is 2. The monoisotopic (exact) mass is 144 g/mol. The molecule has 0 spiro atoms. The summed E-state index contributed by atoms with van der Waals surface area (Å²) >= 11 is 0. The third kappa shape index (κ3) is 1.78. The highest BCUT2D eigenvalue weighted by atomic mass is 16.5. The largest absolute Gasteiger partial charge is 0.390 e. The van der Waals surface area contributed by atoms with E-state index in [1.54, 1.807) is 0 Å². The van der Waals surface area contributed by atoms with E-state index >= 15 is 0 Å². The van der Waals surface area contributed by atoms with Gasteiger partial charge in [-0.15, -0.1) is 0 Å². The molecule has 1 aliphatic heterocycles. The minimum atomic E-state index is -0.432. The Labute approximate surface area is 60.0 Å². The first-order valence-electron chi connectivity index (χ1n) is 3.58. The fourth-order valence-electron chi connectivity index (χ4n) is 1.14. The minimum absolute atomic E-state index is 0.244. The quantitative estimate of drug-likeness (QED) is 0.560. The number of aliphatic hydroxyl groups is 1. The van der Waals surface area contributed by atoms with E-state index in [-0.39, 0.29) is 6.10 Å². The number of carbonyl (C=O) groups is 1. The number of aldehydes is 1. The fraction of sp³-hybridized carbons (Fsp3) is 0.857. The second-order valence-electron chi connectivity index (χ2n) is 2.52. The summed E-state index contributed by atoms with van der Waals surface area (Å²) in [6.45, 7) is 0.676. The predicted molar refractivity (Wildman–Crippen MR) is 35.7 cm³/mol. The minimum Gasteiger partial charge on any atom is -0.390 e. The summed E-state index contributed by atoms with van der Waals surface area (Å²) in [6.07, 6.45) is 2.10. The third-order valence-corrected chi connectivity index (χ3v) is 1.73. The SMILES string of the molecule is O=CC[C@@H]1OCCC[C@@H]1O. The summed E-state index contributed by atoms with van der Waals surface area (Å²) in [6, 6.07) is 0. The molecule has 10 heavy (non-hydrogen) atoms. The van der Waals surface area contributed by atoms with Crippen LogP contribution in [0.1, 0.15) is 19.3 Å². The van der Waals surface area contributed by atoms with Crippen LogP contribution in [0, 0.1) is 0 Å². The summed E-state index contributed by atoms with van der Waals surface area (Å²) in [5, 5.41) is 9.22. The molecule has 0 aliphatic carbocycles. The van der Waals surface area contributed by atoms with Crippen LogP contribution < -0.4 is 0 Å². The molecular weight excluding hydrogens is 132 g/mol. The molecule has 0 bridgehead atoms. The van der Waals surface area contributed by atoms with Crippen LogP contribution in [-0.2, 0) is 9.53 Å². The topological polar surface area (TPSA) is 46.5 Å². The van der Waals surface area contributed by atoms with Gasteiger partial charge in [0.25, 0.3) is 0 Å². The van der Waals surface area contributed by atoms with Crippen LogP contribution in [0.4, 0.5) is 0 Å². The lowest BCUT2D eigenvalue weighted by Gasteiger charge is -2.26. The lowest BCUT2D eigenvalue weighted by Crippen LogP contribution is -2.34. The third-order valence-electron chi connectivity index (χ3n) is 1.73. The number of carbonyl (C=O) groups excluding carboxylic acids is 1. The molecule has 2 atom stereocenters. The molecule has 1 aliphatic rings. The average molecular weight is 144 g/mol. The second-order valence-corrected chi connectivity index (χ2v) is 2.52. The molecule has 1 N–H and O–H groups in total. The summed E-state index contributed by atoms with van der Waals surface area (Å²) in [5.41, 5.74) is 0. The van der Waals surface area contributed by atoms with E-state index in [2.05, 4.69) is 0 Å². The molecule has 0 amide bonds. The van der Waals surface area contributed by atoms with Crippen LogP contribution in [-0.4, -0.2) is 30.2 Å². The molecule has 1 fully saturated rings. The summed E-state index contributed by atoms with van der Waals surface area (Å²) in [4.78, 5) is 10.0.